The first kappa shape index (κ1) is 11.9. The van der Waals surface area contributed by atoms with E-state index in [-0.39, 0.29) is 0 Å². The van der Waals surface area contributed by atoms with Crippen molar-refractivity contribution >= 4 is 11.0 Å². The second kappa shape index (κ2) is 5.24. The van der Waals surface area contributed by atoms with Crippen molar-refractivity contribution < 1.29 is 8.94 Å². The average Bonchev–Trinajstić information content (AvgIpc) is 3.02. The van der Waals surface area contributed by atoms with Gasteiger partial charge in [0.25, 0.3) is 0 Å². The number of para-hydroxylation sites is 1. The van der Waals surface area contributed by atoms with Crippen molar-refractivity contribution in [1.82, 2.24) is 15.5 Å². The minimum atomic E-state index is 0.654. The molecule has 0 bridgehead atoms. The van der Waals surface area contributed by atoms with E-state index < -0.39 is 0 Å². The van der Waals surface area contributed by atoms with E-state index in [0.29, 0.717) is 5.89 Å². The Morgan fingerprint density at radius 3 is 3.00 bits per heavy atom. The van der Waals surface area contributed by atoms with Gasteiger partial charge in [0.15, 0.2) is 6.33 Å². The zero-order chi connectivity index (χ0) is 13.1. The fourth-order valence-electron chi connectivity index (χ4n) is 2.16. The maximum absolute atomic E-state index is 5.72. The van der Waals surface area contributed by atoms with Crippen molar-refractivity contribution in [1.29, 1.82) is 0 Å². The van der Waals surface area contributed by atoms with Crippen LogP contribution in [0.15, 0.2) is 39.5 Å². The third-order valence-corrected chi connectivity index (χ3v) is 3.12. The van der Waals surface area contributed by atoms with Gasteiger partial charge >= 0.3 is 0 Å². The van der Waals surface area contributed by atoms with E-state index in [0.717, 1.165) is 30.9 Å². The van der Waals surface area contributed by atoms with Crippen LogP contribution >= 0.6 is 0 Å². The summed E-state index contributed by atoms with van der Waals surface area (Å²) in [5.41, 5.74) is 2.15. The van der Waals surface area contributed by atoms with Crippen LogP contribution in [0.25, 0.3) is 11.0 Å². The molecule has 98 valence electrons. The van der Waals surface area contributed by atoms with Gasteiger partial charge in [0.2, 0.25) is 5.89 Å². The van der Waals surface area contributed by atoms with E-state index in [4.69, 9.17) is 8.94 Å². The molecular formula is C14H15N3O2. The Morgan fingerprint density at radius 2 is 2.16 bits per heavy atom. The Balaban J connectivity index is 1.63. The molecule has 0 aliphatic carbocycles. The second-order valence-electron chi connectivity index (χ2n) is 4.39. The molecule has 0 atom stereocenters. The maximum Gasteiger partial charge on any atom is 0.227 e. The van der Waals surface area contributed by atoms with E-state index in [1.165, 1.54) is 17.3 Å². The zero-order valence-electron chi connectivity index (χ0n) is 10.7. The van der Waals surface area contributed by atoms with E-state index >= 15 is 0 Å². The lowest BCUT2D eigenvalue weighted by Gasteiger charge is -2.02. The Bertz CT molecular complexity index is 658. The molecule has 19 heavy (non-hydrogen) atoms. The highest BCUT2D eigenvalue weighted by Crippen LogP contribution is 2.24. The number of nitrogens with one attached hydrogen (secondary N) is 1. The number of nitrogens with zero attached hydrogens (tertiary/aromatic N) is 2. The van der Waals surface area contributed by atoms with Crippen molar-refractivity contribution in [3.05, 3.63) is 47.8 Å². The smallest absolute Gasteiger partial charge is 0.227 e. The van der Waals surface area contributed by atoms with Gasteiger partial charge in [-0.25, -0.2) is 0 Å². The highest BCUT2D eigenvalue weighted by atomic mass is 16.5. The van der Waals surface area contributed by atoms with Crippen LogP contribution in [0.1, 0.15) is 17.2 Å². The molecular weight excluding hydrogens is 242 g/mol. The number of rotatable bonds is 5. The SMILES string of the molecule is Cc1oc2ccccc2c1CNCCc1ncno1. The van der Waals surface area contributed by atoms with Gasteiger partial charge in [-0.2, -0.15) is 4.98 Å². The van der Waals surface area contributed by atoms with E-state index in [9.17, 15) is 0 Å². The molecule has 2 aromatic heterocycles. The van der Waals surface area contributed by atoms with Crippen LogP contribution < -0.4 is 5.32 Å². The van der Waals surface area contributed by atoms with Crippen LogP contribution in [0.5, 0.6) is 0 Å². The summed E-state index contributed by atoms with van der Waals surface area (Å²) in [5.74, 6) is 1.62. The first-order valence-electron chi connectivity index (χ1n) is 6.28. The third kappa shape index (κ3) is 2.51. The lowest BCUT2D eigenvalue weighted by molar-refractivity contribution is 0.375. The predicted octanol–water partition coefficient (Wildman–Crippen LogP) is 2.46. The fraction of sp³-hybridized carbons (Fsp3) is 0.286. The standard InChI is InChI=1S/C14H15N3O2/c1-10-12(11-4-2-3-5-13(11)18-10)8-15-7-6-14-16-9-17-19-14/h2-5,9,15H,6-8H2,1H3. The molecule has 5 heteroatoms. The Labute approximate surface area is 110 Å². The summed E-state index contributed by atoms with van der Waals surface area (Å²) in [7, 11) is 0. The lowest BCUT2D eigenvalue weighted by atomic mass is 10.1. The van der Waals surface area contributed by atoms with Gasteiger partial charge in [-0.1, -0.05) is 23.4 Å². The summed E-state index contributed by atoms with van der Waals surface area (Å²) < 4.78 is 10.7. The average molecular weight is 257 g/mol. The van der Waals surface area contributed by atoms with Crippen LogP contribution in [0.3, 0.4) is 0 Å². The number of hydrogen-bond acceptors (Lipinski definition) is 5. The lowest BCUT2D eigenvalue weighted by Crippen LogP contribution is -2.17. The normalized spacial score (nSPS) is 11.2. The molecule has 0 fully saturated rings. The van der Waals surface area contributed by atoms with Gasteiger partial charge < -0.3 is 14.3 Å². The summed E-state index contributed by atoms with van der Waals surface area (Å²) in [6.45, 7) is 3.56. The van der Waals surface area contributed by atoms with E-state index in [1.54, 1.807) is 0 Å². The summed E-state index contributed by atoms with van der Waals surface area (Å²) in [6.07, 6.45) is 2.15. The fourth-order valence-corrected chi connectivity index (χ4v) is 2.16. The topological polar surface area (TPSA) is 64.1 Å². The molecule has 0 unspecified atom stereocenters. The number of furan rings is 1. The van der Waals surface area contributed by atoms with Crippen LogP contribution in [-0.2, 0) is 13.0 Å². The first-order chi connectivity index (χ1) is 9.34. The second-order valence-corrected chi connectivity index (χ2v) is 4.39. The highest BCUT2D eigenvalue weighted by Gasteiger charge is 2.09. The van der Waals surface area contributed by atoms with Crippen molar-refractivity contribution in [2.75, 3.05) is 6.54 Å². The van der Waals surface area contributed by atoms with Crippen LogP contribution in [0, 0.1) is 6.92 Å². The molecule has 0 saturated carbocycles. The Morgan fingerprint density at radius 1 is 1.26 bits per heavy atom. The summed E-state index contributed by atoms with van der Waals surface area (Å²) in [6, 6.07) is 8.09. The molecule has 3 rings (SSSR count). The molecule has 0 saturated heterocycles. The maximum atomic E-state index is 5.72. The monoisotopic (exact) mass is 257 g/mol. The number of hydrogen-bond donors (Lipinski definition) is 1. The highest BCUT2D eigenvalue weighted by molar-refractivity contribution is 5.82. The molecule has 1 aromatic carbocycles. The van der Waals surface area contributed by atoms with Crippen LogP contribution in [-0.4, -0.2) is 16.7 Å². The van der Waals surface area contributed by atoms with E-state index in [1.807, 2.05) is 25.1 Å². The number of aryl methyl sites for hydroxylation is 1. The molecule has 0 radical (unpaired) electrons. The predicted molar refractivity (Wildman–Crippen MR) is 70.7 cm³/mol. The minimum absolute atomic E-state index is 0.654. The first-order valence-corrected chi connectivity index (χ1v) is 6.28. The van der Waals surface area contributed by atoms with Crippen molar-refractivity contribution in [2.24, 2.45) is 0 Å². The zero-order valence-corrected chi connectivity index (χ0v) is 10.7. The quantitative estimate of drug-likeness (QED) is 0.711. The number of fused-ring (bicyclic) bond motifs is 1. The molecule has 0 aliphatic heterocycles. The molecule has 3 aromatic rings. The number of benzene rings is 1. The van der Waals surface area contributed by atoms with Crippen LogP contribution in [0.2, 0.25) is 0 Å². The summed E-state index contributed by atoms with van der Waals surface area (Å²) in [4.78, 5) is 3.98. The van der Waals surface area contributed by atoms with Gasteiger partial charge in [-0.05, 0) is 13.0 Å². The minimum Gasteiger partial charge on any atom is -0.461 e. The van der Waals surface area contributed by atoms with Gasteiger partial charge in [0.1, 0.15) is 11.3 Å². The van der Waals surface area contributed by atoms with Crippen molar-refractivity contribution in [2.45, 2.75) is 19.9 Å². The molecule has 0 aliphatic rings. The summed E-state index contributed by atoms with van der Waals surface area (Å²) >= 11 is 0. The Kier molecular flexibility index (Phi) is 3.29. The molecule has 2 heterocycles. The van der Waals surface area contributed by atoms with Gasteiger partial charge in [0.05, 0.1) is 0 Å². The molecule has 0 amide bonds. The van der Waals surface area contributed by atoms with Crippen molar-refractivity contribution in [3.8, 4) is 0 Å². The van der Waals surface area contributed by atoms with Gasteiger partial charge in [-0.3, -0.25) is 0 Å². The van der Waals surface area contributed by atoms with Crippen LogP contribution in [0.4, 0.5) is 0 Å². The van der Waals surface area contributed by atoms with Crippen molar-refractivity contribution in [3.63, 3.8) is 0 Å². The summed E-state index contributed by atoms with van der Waals surface area (Å²) in [5, 5.41) is 8.12. The van der Waals surface area contributed by atoms with Gasteiger partial charge in [0, 0.05) is 30.5 Å². The largest absolute Gasteiger partial charge is 0.461 e. The number of aromatic nitrogens is 2. The van der Waals surface area contributed by atoms with E-state index in [2.05, 4.69) is 21.5 Å². The van der Waals surface area contributed by atoms with Gasteiger partial charge in [-0.15, -0.1) is 0 Å². The molecule has 5 nitrogen and oxygen atoms in total. The molecule has 1 N–H and O–H groups in total. The third-order valence-electron chi connectivity index (χ3n) is 3.12. The Hall–Kier alpha value is -2.14. The molecule has 0 spiro atoms.